The number of hydrogen-bond donors (Lipinski definition) is 1. The van der Waals surface area contributed by atoms with Gasteiger partial charge in [-0.05, 0) is 58.4 Å². The molecule has 0 radical (unpaired) electrons. The van der Waals surface area contributed by atoms with Crippen LogP contribution in [0.25, 0.3) is 5.69 Å². The van der Waals surface area contributed by atoms with E-state index in [1.54, 1.807) is 0 Å². The summed E-state index contributed by atoms with van der Waals surface area (Å²) < 4.78 is 8.27. The molecule has 0 spiro atoms. The maximum Gasteiger partial charge on any atom is 0.148 e. The highest BCUT2D eigenvalue weighted by Gasteiger charge is 2.38. The molecule has 0 aliphatic rings. The van der Waals surface area contributed by atoms with Crippen LogP contribution >= 0.6 is 0 Å². The molecule has 5 aromatic rings. The number of benzene rings is 4. The van der Waals surface area contributed by atoms with Crippen LogP contribution in [0.1, 0.15) is 6.42 Å². The third kappa shape index (κ3) is 4.93. The quantitative estimate of drug-likeness (QED) is 0.141. The molecule has 4 aromatic carbocycles. The van der Waals surface area contributed by atoms with E-state index < -0.39 is 8.07 Å². The molecule has 0 unspecified atom stereocenters. The van der Waals surface area contributed by atoms with Gasteiger partial charge in [0.15, 0.2) is 0 Å². The zero-order chi connectivity index (χ0) is 23.9. The fourth-order valence-electron chi connectivity index (χ4n) is 4.90. The minimum atomic E-state index is -2.21. The van der Waals surface area contributed by atoms with Crippen LogP contribution < -0.4 is 26.0 Å². The van der Waals surface area contributed by atoms with Crippen molar-refractivity contribution in [2.75, 3.05) is 12.3 Å². The number of aromatic nitrogens is 1. The largest absolute Gasteiger partial charge is 0.492 e. The standard InChI is InChI=1S/C31H30N2OSi/c32-26-17-19-27(20-18-26)33-22-21-28(25-33)34-23-10-24-35(29-11-4-1-5-12-29,30-13-6-2-7-14-30)31-15-8-3-9-16-31/h1-9,11-22,25H,10,23-24,32H2. The Bertz CT molecular complexity index is 1240. The average Bonchev–Trinajstić information content (AvgIpc) is 3.40. The van der Waals surface area contributed by atoms with Gasteiger partial charge in [0.25, 0.3) is 0 Å². The summed E-state index contributed by atoms with van der Waals surface area (Å²) >= 11 is 0. The molecular weight excluding hydrogens is 444 g/mol. The SMILES string of the molecule is Nc1ccc(-n2ccc(OCCC[Si](c3ccccc3)(c3ccccc3)c3ccccc3)c2)cc1. The van der Waals surface area contributed by atoms with Gasteiger partial charge < -0.3 is 15.0 Å². The predicted molar refractivity (Wildman–Crippen MR) is 149 cm³/mol. The highest BCUT2D eigenvalue weighted by Crippen LogP contribution is 2.19. The van der Waals surface area contributed by atoms with Crippen molar-refractivity contribution in [2.45, 2.75) is 12.5 Å². The molecule has 1 aromatic heterocycles. The lowest BCUT2D eigenvalue weighted by molar-refractivity contribution is 0.317. The second-order valence-corrected chi connectivity index (χ2v) is 12.8. The summed E-state index contributed by atoms with van der Waals surface area (Å²) in [6, 6.07) is 44.1. The van der Waals surface area contributed by atoms with Gasteiger partial charge in [0, 0.05) is 17.6 Å². The summed E-state index contributed by atoms with van der Waals surface area (Å²) in [5.74, 6) is 0.883. The molecule has 0 aliphatic heterocycles. The summed E-state index contributed by atoms with van der Waals surface area (Å²) in [6.45, 7) is 0.674. The second-order valence-electron chi connectivity index (χ2n) is 8.80. The fourth-order valence-corrected chi connectivity index (χ4v) is 9.72. The highest BCUT2D eigenvalue weighted by molar-refractivity contribution is 7.11. The van der Waals surface area contributed by atoms with Crippen LogP contribution in [0.5, 0.6) is 5.75 Å². The molecule has 1 heterocycles. The Kier molecular flexibility index (Phi) is 6.82. The van der Waals surface area contributed by atoms with Crippen molar-refractivity contribution in [1.82, 2.24) is 4.57 Å². The first-order valence-corrected chi connectivity index (χ1v) is 14.3. The Hall–Kier alpha value is -4.02. The Morgan fingerprint density at radius 1 is 0.629 bits per heavy atom. The Balaban J connectivity index is 1.38. The number of nitrogen functional groups attached to an aromatic ring is 1. The van der Waals surface area contributed by atoms with E-state index in [-0.39, 0.29) is 0 Å². The number of nitrogens with zero attached hydrogens (tertiary/aromatic N) is 1. The van der Waals surface area contributed by atoms with Crippen LogP contribution in [0.4, 0.5) is 5.69 Å². The van der Waals surface area contributed by atoms with E-state index in [4.69, 9.17) is 10.5 Å². The first kappa shape index (κ1) is 22.8. The lowest BCUT2D eigenvalue weighted by Gasteiger charge is -2.34. The molecule has 0 saturated carbocycles. The molecule has 0 amide bonds. The van der Waals surface area contributed by atoms with Gasteiger partial charge in [-0.1, -0.05) is 91.0 Å². The van der Waals surface area contributed by atoms with Gasteiger partial charge in [-0.2, -0.15) is 0 Å². The average molecular weight is 475 g/mol. The van der Waals surface area contributed by atoms with Crippen LogP contribution in [0.3, 0.4) is 0 Å². The van der Waals surface area contributed by atoms with Crippen molar-refractivity contribution in [3.8, 4) is 11.4 Å². The zero-order valence-corrected chi connectivity index (χ0v) is 20.8. The van der Waals surface area contributed by atoms with Gasteiger partial charge >= 0.3 is 0 Å². The molecular formula is C31H30N2OSi. The Labute approximate surface area is 208 Å². The molecule has 0 saturated heterocycles. The van der Waals surface area contributed by atoms with E-state index in [0.717, 1.165) is 29.6 Å². The smallest absolute Gasteiger partial charge is 0.148 e. The first-order chi connectivity index (χ1) is 17.3. The van der Waals surface area contributed by atoms with Crippen LogP contribution in [0.15, 0.2) is 134 Å². The van der Waals surface area contributed by atoms with Crippen molar-refractivity contribution >= 4 is 29.3 Å². The summed E-state index contributed by atoms with van der Waals surface area (Å²) in [7, 11) is -2.21. The van der Waals surface area contributed by atoms with Gasteiger partial charge in [-0.15, -0.1) is 0 Å². The number of ether oxygens (including phenoxy) is 1. The van der Waals surface area contributed by atoms with E-state index in [0.29, 0.717) is 6.61 Å². The first-order valence-electron chi connectivity index (χ1n) is 12.1. The molecule has 0 fully saturated rings. The summed E-state index contributed by atoms with van der Waals surface area (Å²) in [5.41, 5.74) is 7.65. The molecule has 174 valence electrons. The van der Waals surface area contributed by atoms with Crippen LogP contribution in [0.2, 0.25) is 6.04 Å². The topological polar surface area (TPSA) is 40.2 Å². The molecule has 2 N–H and O–H groups in total. The fraction of sp³-hybridized carbons (Fsp3) is 0.0968. The van der Waals surface area contributed by atoms with Crippen molar-refractivity contribution in [1.29, 1.82) is 0 Å². The van der Waals surface area contributed by atoms with E-state index in [2.05, 4.69) is 95.6 Å². The molecule has 0 bridgehead atoms. The number of anilines is 1. The van der Waals surface area contributed by atoms with E-state index in [9.17, 15) is 0 Å². The van der Waals surface area contributed by atoms with Gasteiger partial charge in [-0.25, -0.2) is 0 Å². The predicted octanol–water partition coefficient (Wildman–Crippen LogP) is 5.00. The van der Waals surface area contributed by atoms with Crippen molar-refractivity contribution < 1.29 is 4.74 Å². The Morgan fingerprint density at radius 2 is 1.14 bits per heavy atom. The van der Waals surface area contributed by atoms with E-state index >= 15 is 0 Å². The third-order valence-corrected chi connectivity index (χ3v) is 11.7. The van der Waals surface area contributed by atoms with Crippen molar-refractivity contribution in [3.63, 3.8) is 0 Å². The minimum Gasteiger partial charge on any atom is -0.492 e. The molecule has 3 nitrogen and oxygen atoms in total. The van der Waals surface area contributed by atoms with Crippen molar-refractivity contribution in [2.24, 2.45) is 0 Å². The number of rotatable bonds is 9. The van der Waals surface area contributed by atoms with Crippen LogP contribution in [-0.2, 0) is 0 Å². The van der Waals surface area contributed by atoms with Gasteiger partial charge in [0.1, 0.15) is 13.8 Å². The molecule has 35 heavy (non-hydrogen) atoms. The maximum absolute atomic E-state index is 6.21. The normalized spacial score (nSPS) is 11.3. The molecule has 4 heteroatoms. The molecule has 0 atom stereocenters. The summed E-state index contributed by atoms with van der Waals surface area (Å²) in [6.07, 6.45) is 5.03. The van der Waals surface area contributed by atoms with Gasteiger partial charge in [0.2, 0.25) is 0 Å². The minimum absolute atomic E-state index is 0.674. The lowest BCUT2D eigenvalue weighted by atomic mass is 10.3. The van der Waals surface area contributed by atoms with E-state index in [1.807, 2.05) is 42.7 Å². The third-order valence-electron chi connectivity index (χ3n) is 6.62. The summed E-state index contributed by atoms with van der Waals surface area (Å²) in [5, 5.41) is 4.31. The number of nitrogens with two attached hydrogens (primary N) is 1. The highest BCUT2D eigenvalue weighted by atomic mass is 28.3. The van der Waals surface area contributed by atoms with Crippen LogP contribution in [0, 0.1) is 0 Å². The van der Waals surface area contributed by atoms with Crippen molar-refractivity contribution in [3.05, 3.63) is 134 Å². The lowest BCUT2D eigenvalue weighted by Crippen LogP contribution is -2.67. The zero-order valence-electron chi connectivity index (χ0n) is 19.8. The van der Waals surface area contributed by atoms with E-state index in [1.165, 1.54) is 15.6 Å². The number of hydrogen-bond acceptors (Lipinski definition) is 2. The Morgan fingerprint density at radius 3 is 1.66 bits per heavy atom. The molecule has 5 rings (SSSR count). The second kappa shape index (κ2) is 10.5. The van der Waals surface area contributed by atoms with Gasteiger partial charge in [0.05, 0.1) is 12.8 Å². The molecule has 0 aliphatic carbocycles. The van der Waals surface area contributed by atoms with Crippen LogP contribution in [-0.4, -0.2) is 19.2 Å². The van der Waals surface area contributed by atoms with Gasteiger partial charge in [-0.3, -0.25) is 0 Å². The maximum atomic E-state index is 6.21. The summed E-state index contributed by atoms with van der Waals surface area (Å²) in [4.78, 5) is 0. The monoisotopic (exact) mass is 474 g/mol.